The Morgan fingerprint density at radius 3 is 2.92 bits per heavy atom. The molecule has 0 aliphatic carbocycles. The van der Waals surface area contributed by atoms with Crippen molar-refractivity contribution in [1.29, 1.82) is 0 Å². The Balaban J connectivity index is 0.00000121. The zero-order valence-corrected chi connectivity index (χ0v) is 7.42. The van der Waals surface area contributed by atoms with Gasteiger partial charge >= 0.3 is 18.9 Å². The van der Waals surface area contributed by atoms with E-state index in [2.05, 4.69) is 12.6 Å². The molecule has 1 aromatic rings. The van der Waals surface area contributed by atoms with Gasteiger partial charge in [0.2, 0.25) is 0 Å². The van der Waals surface area contributed by atoms with Gasteiger partial charge in [-0.3, -0.25) is 0 Å². The maximum absolute atomic E-state index is 5.22. The minimum Gasteiger partial charge on any atom is -0.375 e. The first-order valence-electron chi connectivity index (χ1n) is 3.57. The van der Waals surface area contributed by atoms with Crippen LogP contribution in [0.4, 0.5) is 0 Å². The second-order valence-corrected chi connectivity index (χ2v) is 2.19. The molecule has 1 nitrogen and oxygen atoms in total. The average molecular weight is 154 g/mol. The zero-order chi connectivity index (χ0) is 7.94. The van der Waals surface area contributed by atoms with Crippen molar-refractivity contribution in [1.82, 2.24) is 0 Å². The molecule has 0 bridgehead atoms. The topological polar surface area (TPSA) is 9.23 Å². The van der Waals surface area contributed by atoms with Gasteiger partial charge in [-0.2, -0.15) is 30.3 Å². The van der Waals surface area contributed by atoms with Crippen molar-refractivity contribution in [3.8, 4) is 0 Å². The van der Waals surface area contributed by atoms with Crippen molar-refractivity contribution >= 4 is 0 Å². The molecule has 0 aliphatic rings. The van der Waals surface area contributed by atoms with Gasteiger partial charge < -0.3 is 4.74 Å². The largest absolute Gasteiger partial charge is 1.00 e. The second-order valence-electron chi connectivity index (χ2n) is 2.19. The van der Waals surface area contributed by atoms with Crippen molar-refractivity contribution in [2.75, 3.05) is 6.61 Å². The standard InChI is InChI=1S/C10H11O.Li/c1-2-8-11-9-10-6-4-3-5-7-10;/h2-6H,1,8-9H2;/q-1;+1. The number of rotatable bonds is 4. The normalized spacial score (nSPS) is 8.67. The predicted molar refractivity (Wildman–Crippen MR) is 45.1 cm³/mol. The van der Waals surface area contributed by atoms with Crippen LogP contribution in [-0.2, 0) is 11.3 Å². The quantitative estimate of drug-likeness (QED) is 0.238. The molecule has 0 atom stereocenters. The fraction of sp³-hybridized carbons (Fsp3) is 0.200. The minimum absolute atomic E-state index is 0. The first kappa shape index (κ1) is 11.5. The van der Waals surface area contributed by atoms with E-state index < -0.39 is 0 Å². The van der Waals surface area contributed by atoms with Gasteiger partial charge in [0.15, 0.2) is 0 Å². The molecule has 0 amide bonds. The Morgan fingerprint density at radius 2 is 2.33 bits per heavy atom. The minimum atomic E-state index is 0. The van der Waals surface area contributed by atoms with Crippen molar-refractivity contribution in [3.63, 3.8) is 0 Å². The van der Waals surface area contributed by atoms with Crippen LogP contribution in [-0.4, -0.2) is 6.61 Å². The molecule has 2 heteroatoms. The summed E-state index contributed by atoms with van der Waals surface area (Å²) in [6.45, 7) is 4.77. The first-order valence-corrected chi connectivity index (χ1v) is 3.57. The van der Waals surface area contributed by atoms with Gasteiger partial charge in [-0.15, -0.1) is 12.1 Å². The Labute approximate surface area is 85.6 Å². The molecular formula is C10H11LiO. The van der Waals surface area contributed by atoms with Crippen molar-refractivity contribution < 1.29 is 23.6 Å². The average Bonchev–Trinajstić information content (AvgIpc) is 2.07. The summed E-state index contributed by atoms with van der Waals surface area (Å²) in [6, 6.07) is 10.9. The molecule has 0 aromatic heterocycles. The monoisotopic (exact) mass is 154 g/mol. The van der Waals surface area contributed by atoms with Crippen LogP contribution >= 0.6 is 0 Å². The molecule has 1 rings (SSSR count). The molecule has 0 aliphatic heterocycles. The summed E-state index contributed by atoms with van der Waals surface area (Å²) in [5.41, 5.74) is 1.08. The number of ether oxygens (including phenoxy) is 1. The summed E-state index contributed by atoms with van der Waals surface area (Å²) >= 11 is 0. The van der Waals surface area contributed by atoms with E-state index in [0.29, 0.717) is 13.2 Å². The molecule has 58 valence electrons. The van der Waals surface area contributed by atoms with E-state index in [0.717, 1.165) is 5.56 Å². The maximum Gasteiger partial charge on any atom is 1.00 e. The summed E-state index contributed by atoms with van der Waals surface area (Å²) in [6.07, 6.45) is 1.74. The second kappa shape index (κ2) is 7.18. The van der Waals surface area contributed by atoms with Crippen LogP contribution in [0.1, 0.15) is 5.56 Å². The van der Waals surface area contributed by atoms with E-state index in [1.165, 1.54) is 0 Å². The van der Waals surface area contributed by atoms with Gasteiger partial charge in [-0.05, 0) is 0 Å². The molecule has 0 radical (unpaired) electrons. The molecule has 0 saturated heterocycles. The third-order valence-electron chi connectivity index (χ3n) is 1.27. The zero-order valence-electron chi connectivity index (χ0n) is 7.42. The van der Waals surface area contributed by atoms with Gasteiger partial charge in [-0.25, -0.2) is 0 Å². The van der Waals surface area contributed by atoms with Gasteiger partial charge in [0.1, 0.15) is 0 Å². The summed E-state index contributed by atoms with van der Waals surface area (Å²) in [7, 11) is 0. The van der Waals surface area contributed by atoms with E-state index in [9.17, 15) is 0 Å². The van der Waals surface area contributed by atoms with Gasteiger partial charge in [0, 0.05) is 6.61 Å². The van der Waals surface area contributed by atoms with E-state index in [1.54, 1.807) is 6.08 Å². The Morgan fingerprint density at radius 1 is 1.50 bits per heavy atom. The number of benzene rings is 1. The van der Waals surface area contributed by atoms with E-state index in [4.69, 9.17) is 4.74 Å². The van der Waals surface area contributed by atoms with Gasteiger partial charge in [0.05, 0.1) is 6.61 Å². The van der Waals surface area contributed by atoms with Crippen molar-refractivity contribution in [2.45, 2.75) is 6.61 Å². The van der Waals surface area contributed by atoms with Crippen LogP contribution in [0.15, 0.2) is 36.9 Å². The maximum atomic E-state index is 5.22. The summed E-state index contributed by atoms with van der Waals surface area (Å²) < 4.78 is 5.22. The predicted octanol–water partition coefficient (Wildman–Crippen LogP) is -0.807. The van der Waals surface area contributed by atoms with Crippen LogP contribution in [0.3, 0.4) is 0 Å². The van der Waals surface area contributed by atoms with Crippen LogP contribution in [0.2, 0.25) is 0 Å². The van der Waals surface area contributed by atoms with Crippen molar-refractivity contribution in [3.05, 3.63) is 48.6 Å². The number of hydrogen-bond acceptors (Lipinski definition) is 1. The van der Waals surface area contributed by atoms with Crippen molar-refractivity contribution in [2.24, 2.45) is 0 Å². The van der Waals surface area contributed by atoms with E-state index >= 15 is 0 Å². The molecular weight excluding hydrogens is 143 g/mol. The molecule has 1 aromatic carbocycles. The first-order chi connectivity index (χ1) is 5.43. The van der Waals surface area contributed by atoms with E-state index in [-0.39, 0.29) is 18.9 Å². The van der Waals surface area contributed by atoms with Crippen LogP contribution in [0.5, 0.6) is 0 Å². The molecule has 0 N–H and O–H groups in total. The Hall–Kier alpha value is -0.483. The van der Waals surface area contributed by atoms with E-state index in [1.807, 2.05) is 24.3 Å². The number of hydrogen-bond donors (Lipinski definition) is 0. The third-order valence-corrected chi connectivity index (χ3v) is 1.27. The Bertz CT molecular complexity index is 208. The summed E-state index contributed by atoms with van der Waals surface area (Å²) in [4.78, 5) is 0. The molecule has 0 fully saturated rings. The van der Waals surface area contributed by atoms with Crippen LogP contribution in [0.25, 0.3) is 0 Å². The van der Waals surface area contributed by atoms with Gasteiger partial charge in [0.25, 0.3) is 0 Å². The molecule has 0 saturated carbocycles. The molecule has 0 spiro atoms. The molecule has 12 heavy (non-hydrogen) atoms. The van der Waals surface area contributed by atoms with Crippen LogP contribution < -0.4 is 18.9 Å². The smallest absolute Gasteiger partial charge is 0.375 e. The fourth-order valence-corrected chi connectivity index (χ4v) is 0.773. The fourth-order valence-electron chi connectivity index (χ4n) is 0.773. The van der Waals surface area contributed by atoms with Crippen LogP contribution in [0, 0.1) is 6.07 Å². The Kier molecular flexibility index (Phi) is 6.89. The molecule has 0 heterocycles. The summed E-state index contributed by atoms with van der Waals surface area (Å²) in [5, 5.41) is 0. The van der Waals surface area contributed by atoms with Gasteiger partial charge in [-0.1, -0.05) is 6.08 Å². The third kappa shape index (κ3) is 4.41. The SMILES string of the molecule is C=CCOCc1[c-]cccc1.[Li+]. The summed E-state index contributed by atoms with van der Waals surface area (Å²) in [5.74, 6) is 0. The molecule has 0 unspecified atom stereocenters.